The van der Waals surface area contributed by atoms with Crippen LogP contribution >= 0.6 is 0 Å². The third-order valence-electron chi connectivity index (χ3n) is 2.84. The Hall–Kier alpha value is -0.330. The Kier molecular flexibility index (Phi) is 5.01. The Balaban J connectivity index is 2.13. The van der Waals surface area contributed by atoms with Crippen LogP contribution in [0.2, 0.25) is 0 Å². The highest BCUT2D eigenvalue weighted by molar-refractivity contribution is 4.80. The number of nitrogens with two attached hydrogens (primary N) is 1. The zero-order valence-electron chi connectivity index (χ0n) is 9.46. The zero-order chi connectivity index (χ0) is 12.2. The number of likely N-dealkylation sites (tertiary alicyclic amines) is 1. The van der Waals surface area contributed by atoms with E-state index < -0.39 is 12.8 Å². The predicted octanol–water partition coefficient (Wildman–Crippen LogP) is 1.38. The third-order valence-corrected chi connectivity index (χ3v) is 2.84. The maximum atomic E-state index is 11.8. The quantitative estimate of drug-likeness (QED) is 0.754. The lowest BCUT2D eigenvalue weighted by Gasteiger charge is -2.36. The largest absolute Gasteiger partial charge is 0.411 e. The molecule has 1 heterocycles. The number of hydrogen-bond acceptors (Lipinski definition) is 3. The zero-order valence-corrected chi connectivity index (χ0v) is 9.46. The third kappa shape index (κ3) is 5.14. The van der Waals surface area contributed by atoms with Gasteiger partial charge in [-0.3, -0.25) is 4.90 Å². The topological polar surface area (TPSA) is 38.5 Å². The van der Waals surface area contributed by atoms with Crippen molar-refractivity contribution in [2.24, 2.45) is 5.73 Å². The molecule has 0 spiro atoms. The lowest BCUT2D eigenvalue weighted by molar-refractivity contribution is -0.175. The first-order chi connectivity index (χ1) is 7.38. The first-order valence-electron chi connectivity index (χ1n) is 5.52. The summed E-state index contributed by atoms with van der Waals surface area (Å²) in [6.45, 7) is 2.40. The summed E-state index contributed by atoms with van der Waals surface area (Å²) in [5.74, 6) is 0. The SMILES string of the molecule is CC1CC(N)CCN1CCOCC(F)(F)F. The van der Waals surface area contributed by atoms with Crippen LogP contribution in [0.1, 0.15) is 19.8 Å². The number of halogens is 3. The maximum absolute atomic E-state index is 11.8. The summed E-state index contributed by atoms with van der Waals surface area (Å²) in [4.78, 5) is 2.12. The molecule has 2 unspecified atom stereocenters. The first-order valence-corrected chi connectivity index (χ1v) is 5.52. The van der Waals surface area contributed by atoms with E-state index in [0.717, 1.165) is 19.4 Å². The highest BCUT2D eigenvalue weighted by atomic mass is 19.4. The maximum Gasteiger partial charge on any atom is 0.411 e. The smallest absolute Gasteiger partial charge is 0.371 e. The molecule has 0 aromatic rings. The van der Waals surface area contributed by atoms with Crippen molar-refractivity contribution in [3.05, 3.63) is 0 Å². The summed E-state index contributed by atoms with van der Waals surface area (Å²) in [5, 5.41) is 0. The van der Waals surface area contributed by atoms with Gasteiger partial charge in [-0.15, -0.1) is 0 Å². The standard InChI is InChI=1S/C10H19F3N2O/c1-8-6-9(14)2-3-15(8)4-5-16-7-10(11,12)13/h8-9H,2-7,14H2,1H3. The van der Waals surface area contributed by atoms with Gasteiger partial charge in [-0.1, -0.05) is 0 Å². The van der Waals surface area contributed by atoms with Crippen molar-refractivity contribution in [1.82, 2.24) is 4.90 Å². The van der Waals surface area contributed by atoms with Crippen molar-refractivity contribution < 1.29 is 17.9 Å². The van der Waals surface area contributed by atoms with Gasteiger partial charge >= 0.3 is 6.18 Å². The lowest BCUT2D eigenvalue weighted by Crippen LogP contribution is -2.46. The van der Waals surface area contributed by atoms with Crippen LogP contribution in [0.4, 0.5) is 13.2 Å². The van der Waals surface area contributed by atoms with Crippen LogP contribution in [-0.2, 0) is 4.74 Å². The van der Waals surface area contributed by atoms with E-state index in [4.69, 9.17) is 5.73 Å². The Labute approximate surface area is 93.7 Å². The van der Waals surface area contributed by atoms with Gasteiger partial charge in [0.05, 0.1) is 6.61 Å². The molecule has 0 radical (unpaired) electrons. The number of hydrogen-bond donors (Lipinski definition) is 1. The highest BCUT2D eigenvalue weighted by Gasteiger charge is 2.28. The Morgan fingerprint density at radius 1 is 1.44 bits per heavy atom. The van der Waals surface area contributed by atoms with Gasteiger partial charge in [0.1, 0.15) is 6.61 Å². The predicted molar refractivity (Wildman–Crippen MR) is 55.1 cm³/mol. The highest BCUT2D eigenvalue weighted by Crippen LogP contribution is 2.16. The summed E-state index contributed by atoms with van der Waals surface area (Å²) in [6.07, 6.45) is -2.42. The van der Waals surface area contributed by atoms with E-state index in [1.807, 2.05) is 6.92 Å². The molecule has 0 bridgehead atoms. The molecule has 16 heavy (non-hydrogen) atoms. The summed E-state index contributed by atoms with van der Waals surface area (Å²) >= 11 is 0. The summed E-state index contributed by atoms with van der Waals surface area (Å²) in [7, 11) is 0. The van der Waals surface area contributed by atoms with Crippen molar-refractivity contribution in [3.8, 4) is 0 Å². The fourth-order valence-electron chi connectivity index (χ4n) is 1.96. The number of nitrogens with zero attached hydrogens (tertiary/aromatic N) is 1. The van der Waals surface area contributed by atoms with E-state index in [2.05, 4.69) is 9.64 Å². The van der Waals surface area contributed by atoms with E-state index in [0.29, 0.717) is 12.6 Å². The van der Waals surface area contributed by atoms with Crippen molar-refractivity contribution in [2.45, 2.75) is 38.0 Å². The molecule has 0 aliphatic carbocycles. The molecule has 96 valence electrons. The van der Waals surface area contributed by atoms with Gasteiger partial charge in [0.2, 0.25) is 0 Å². The molecule has 1 aliphatic heterocycles. The van der Waals surface area contributed by atoms with Gasteiger partial charge in [0, 0.05) is 18.6 Å². The van der Waals surface area contributed by atoms with Crippen LogP contribution in [0.5, 0.6) is 0 Å². The molecule has 0 aromatic carbocycles. The number of rotatable bonds is 4. The number of alkyl halides is 3. The normalized spacial score (nSPS) is 28.3. The second kappa shape index (κ2) is 5.84. The summed E-state index contributed by atoms with van der Waals surface area (Å²) < 4.78 is 40.0. The van der Waals surface area contributed by atoms with Crippen LogP contribution in [0.25, 0.3) is 0 Å². The molecule has 3 nitrogen and oxygen atoms in total. The van der Waals surface area contributed by atoms with Crippen molar-refractivity contribution in [3.63, 3.8) is 0 Å². The number of ether oxygens (including phenoxy) is 1. The summed E-state index contributed by atoms with van der Waals surface area (Å²) in [6, 6.07) is 0.556. The Bertz CT molecular complexity index is 211. The second-order valence-electron chi connectivity index (χ2n) is 4.34. The molecule has 0 saturated carbocycles. The van der Waals surface area contributed by atoms with Gasteiger partial charge in [-0.2, -0.15) is 13.2 Å². The van der Waals surface area contributed by atoms with Gasteiger partial charge in [0.15, 0.2) is 0 Å². The average molecular weight is 240 g/mol. The summed E-state index contributed by atoms with van der Waals surface area (Å²) in [5.41, 5.74) is 5.79. The Morgan fingerprint density at radius 2 is 2.12 bits per heavy atom. The molecular weight excluding hydrogens is 221 g/mol. The molecule has 0 amide bonds. The second-order valence-corrected chi connectivity index (χ2v) is 4.34. The molecular formula is C10H19F3N2O. The Morgan fingerprint density at radius 3 is 2.69 bits per heavy atom. The number of piperidine rings is 1. The van der Waals surface area contributed by atoms with Crippen molar-refractivity contribution >= 4 is 0 Å². The molecule has 6 heteroatoms. The van der Waals surface area contributed by atoms with Gasteiger partial charge in [-0.25, -0.2) is 0 Å². The van der Waals surface area contributed by atoms with Gasteiger partial charge in [-0.05, 0) is 26.3 Å². The van der Waals surface area contributed by atoms with E-state index in [1.165, 1.54) is 0 Å². The van der Waals surface area contributed by atoms with Gasteiger partial charge in [0.25, 0.3) is 0 Å². The van der Waals surface area contributed by atoms with E-state index in [1.54, 1.807) is 0 Å². The van der Waals surface area contributed by atoms with E-state index in [9.17, 15) is 13.2 Å². The minimum absolute atomic E-state index is 0.124. The minimum atomic E-state index is -4.23. The van der Waals surface area contributed by atoms with Crippen molar-refractivity contribution in [1.29, 1.82) is 0 Å². The molecule has 1 aliphatic rings. The van der Waals surface area contributed by atoms with Crippen LogP contribution in [0, 0.1) is 0 Å². The van der Waals surface area contributed by atoms with Gasteiger partial charge < -0.3 is 10.5 Å². The van der Waals surface area contributed by atoms with E-state index >= 15 is 0 Å². The monoisotopic (exact) mass is 240 g/mol. The van der Waals surface area contributed by atoms with E-state index in [-0.39, 0.29) is 12.6 Å². The van der Waals surface area contributed by atoms with Crippen LogP contribution in [-0.4, -0.2) is 49.5 Å². The fourth-order valence-corrected chi connectivity index (χ4v) is 1.96. The fraction of sp³-hybridized carbons (Fsp3) is 1.00. The molecule has 0 aromatic heterocycles. The molecule has 2 atom stereocenters. The molecule has 2 N–H and O–H groups in total. The minimum Gasteiger partial charge on any atom is -0.371 e. The molecule has 1 saturated heterocycles. The molecule has 1 fully saturated rings. The molecule has 1 rings (SSSR count). The van der Waals surface area contributed by atoms with Crippen LogP contribution in [0.3, 0.4) is 0 Å². The average Bonchev–Trinajstić information content (AvgIpc) is 2.13. The van der Waals surface area contributed by atoms with Crippen LogP contribution in [0.15, 0.2) is 0 Å². The van der Waals surface area contributed by atoms with Crippen LogP contribution < -0.4 is 5.73 Å². The first kappa shape index (κ1) is 13.7. The lowest BCUT2D eigenvalue weighted by atomic mass is 9.99. The van der Waals surface area contributed by atoms with Crippen molar-refractivity contribution in [2.75, 3.05) is 26.3 Å².